The minimum atomic E-state index is -0.485. The number of rotatable bonds is 2. The molecule has 5 aliphatic rings. The average molecular weight is 357 g/mol. The summed E-state index contributed by atoms with van der Waals surface area (Å²) in [5.74, 6) is 2.33. The number of carbonyl (C=O) groups is 1. The Morgan fingerprint density at radius 3 is 2.58 bits per heavy atom. The average Bonchev–Trinajstić information content (AvgIpc) is 3.07. The van der Waals surface area contributed by atoms with Crippen LogP contribution in [0.1, 0.15) is 55.8 Å². The third-order valence-electron chi connectivity index (χ3n) is 7.00. The van der Waals surface area contributed by atoms with Crippen LogP contribution in [0.2, 0.25) is 0 Å². The molecule has 0 spiro atoms. The Balaban J connectivity index is 1.22. The van der Waals surface area contributed by atoms with Gasteiger partial charge in [-0.15, -0.1) is 0 Å². The molecule has 5 fully saturated rings. The van der Waals surface area contributed by atoms with E-state index < -0.39 is 5.60 Å². The van der Waals surface area contributed by atoms with Crippen LogP contribution in [-0.2, 0) is 4.74 Å². The number of aryl methyl sites for hydroxylation is 1. The summed E-state index contributed by atoms with van der Waals surface area (Å²) in [4.78, 5) is 23.4. The summed E-state index contributed by atoms with van der Waals surface area (Å²) < 4.78 is 5.99. The zero-order chi connectivity index (χ0) is 17.9. The highest BCUT2D eigenvalue weighted by Gasteiger charge is 2.56. The molecule has 1 aliphatic heterocycles. The summed E-state index contributed by atoms with van der Waals surface area (Å²) in [6.45, 7) is 3.31. The fourth-order valence-electron chi connectivity index (χ4n) is 6.07. The Bertz CT molecular complexity index is 691. The van der Waals surface area contributed by atoms with E-state index in [1.165, 1.54) is 0 Å². The van der Waals surface area contributed by atoms with Crippen molar-refractivity contribution in [3.05, 3.63) is 23.8 Å². The maximum atomic E-state index is 12.7. The van der Waals surface area contributed by atoms with Crippen molar-refractivity contribution >= 4 is 6.09 Å². The maximum absolute atomic E-state index is 12.7. The number of ether oxygens (including phenoxy) is 1. The molecule has 4 aliphatic carbocycles. The number of carbonyl (C=O) groups excluding carboxylic acids is 1. The molecule has 2 heterocycles. The number of likely N-dealkylation sites (tertiary alicyclic amines) is 1. The van der Waals surface area contributed by atoms with Gasteiger partial charge in [0.2, 0.25) is 0 Å². The molecule has 6 nitrogen and oxygen atoms in total. The van der Waals surface area contributed by atoms with Crippen LogP contribution in [0, 0.1) is 24.7 Å². The van der Waals surface area contributed by atoms with Gasteiger partial charge >= 0.3 is 6.09 Å². The van der Waals surface area contributed by atoms with E-state index in [0.29, 0.717) is 30.8 Å². The van der Waals surface area contributed by atoms with E-state index in [4.69, 9.17) is 4.74 Å². The number of hydrogen-bond acceptors (Lipinski definition) is 5. The standard InChI is InChI=1S/C20H27N3O3/c1-12-9-21-18(22-10-12)14-2-3-23(11-14)19(24)26-17-15-4-13-5-16(17)8-20(25,6-13)7-15/h9-10,13-17,25H,2-8,11H2,1H3/t13?,14?,15?,16?,17-,20+. The molecule has 3 unspecified atom stereocenters. The minimum absolute atomic E-state index is 0.00556. The van der Waals surface area contributed by atoms with Crippen LogP contribution in [0.4, 0.5) is 4.79 Å². The van der Waals surface area contributed by atoms with Gasteiger partial charge in [0.15, 0.2) is 0 Å². The van der Waals surface area contributed by atoms with E-state index in [9.17, 15) is 9.90 Å². The third kappa shape index (κ3) is 2.79. The Labute approximate surface area is 154 Å². The van der Waals surface area contributed by atoms with Gasteiger partial charge in [-0.1, -0.05) is 0 Å². The normalized spacial score (nSPS) is 40.8. The first-order valence-corrected chi connectivity index (χ1v) is 9.95. The maximum Gasteiger partial charge on any atom is 0.410 e. The lowest BCUT2D eigenvalue weighted by Gasteiger charge is -2.57. The SMILES string of the molecule is Cc1cnc(C2CCN(C(=O)O[C@H]3C4CC5CC3C[C@@](O)(C5)C4)C2)nc1. The van der Waals surface area contributed by atoms with Crippen molar-refractivity contribution < 1.29 is 14.6 Å². The van der Waals surface area contributed by atoms with Gasteiger partial charge in [0.05, 0.1) is 5.60 Å². The first-order valence-electron chi connectivity index (χ1n) is 9.95. The van der Waals surface area contributed by atoms with Crippen LogP contribution in [0.5, 0.6) is 0 Å². The van der Waals surface area contributed by atoms with Crippen LogP contribution >= 0.6 is 0 Å². The van der Waals surface area contributed by atoms with Crippen LogP contribution in [-0.4, -0.2) is 50.9 Å². The van der Waals surface area contributed by atoms with Gasteiger partial charge in [-0.3, -0.25) is 0 Å². The minimum Gasteiger partial charge on any atom is -0.446 e. The zero-order valence-corrected chi connectivity index (χ0v) is 15.3. The molecule has 0 radical (unpaired) electrons. The molecule has 3 atom stereocenters. The fourth-order valence-corrected chi connectivity index (χ4v) is 6.07. The molecule has 1 aromatic heterocycles. The zero-order valence-electron chi connectivity index (χ0n) is 15.3. The molecule has 1 N–H and O–H groups in total. The van der Waals surface area contributed by atoms with Crippen LogP contribution in [0.3, 0.4) is 0 Å². The van der Waals surface area contributed by atoms with Crippen molar-refractivity contribution in [1.82, 2.24) is 14.9 Å². The predicted molar refractivity (Wildman–Crippen MR) is 94.5 cm³/mol. The molecule has 0 aromatic carbocycles. The lowest BCUT2D eigenvalue weighted by molar-refractivity contribution is -0.177. The Morgan fingerprint density at radius 2 is 1.92 bits per heavy atom. The second-order valence-corrected chi connectivity index (χ2v) is 9.09. The van der Waals surface area contributed by atoms with Gasteiger partial charge in [0.25, 0.3) is 0 Å². The van der Waals surface area contributed by atoms with E-state index in [2.05, 4.69) is 9.97 Å². The fraction of sp³-hybridized carbons (Fsp3) is 0.750. The molecular formula is C20H27N3O3. The second-order valence-electron chi connectivity index (χ2n) is 9.09. The van der Waals surface area contributed by atoms with E-state index in [-0.39, 0.29) is 18.1 Å². The van der Waals surface area contributed by atoms with Crippen molar-refractivity contribution in [2.24, 2.45) is 17.8 Å². The Hall–Kier alpha value is -1.69. The van der Waals surface area contributed by atoms with E-state index >= 15 is 0 Å². The van der Waals surface area contributed by atoms with Crippen LogP contribution in [0.15, 0.2) is 12.4 Å². The highest BCUT2D eigenvalue weighted by Crippen LogP contribution is 2.56. The van der Waals surface area contributed by atoms with Crippen LogP contribution in [0.25, 0.3) is 0 Å². The number of aliphatic hydroxyl groups is 1. The van der Waals surface area contributed by atoms with Gasteiger partial charge in [-0.05, 0) is 68.8 Å². The molecule has 26 heavy (non-hydrogen) atoms. The molecule has 6 heteroatoms. The number of aromatic nitrogens is 2. The van der Waals surface area contributed by atoms with Crippen molar-refractivity contribution in [3.63, 3.8) is 0 Å². The number of amides is 1. The van der Waals surface area contributed by atoms with E-state index in [1.807, 2.05) is 24.2 Å². The summed E-state index contributed by atoms with van der Waals surface area (Å²) in [5.41, 5.74) is 0.563. The monoisotopic (exact) mass is 357 g/mol. The first-order chi connectivity index (χ1) is 12.5. The summed E-state index contributed by atoms with van der Waals surface area (Å²) in [6.07, 6.45) is 9.13. The van der Waals surface area contributed by atoms with Crippen molar-refractivity contribution in [2.75, 3.05) is 13.1 Å². The molecule has 1 saturated heterocycles. The highest BCUT2D eigenvalue weighted by atomic mass is 16.6. The topological polar surface area (TPSA) is 75.6 Å². The molecule has 1 aromatic rings. The predicted octanol–water partition coefficient (Wildman–Crippen LogP) is 2.65. The first kappa shape index (κ1) is 16.5. The van der Waals surface area contributed by atoms with E-state index in [0.717, 1.165) is 49.9 Å². The van der Waals surface area contributed by atoms with Gasteiger partial charge in [0, 0.05) is 31.4 Å². The second kappa shape index (κ2) is 5.91. The lowest BCUT2D eigenvalue weighted by atomic mass is 9.53. The van der Waals surface area contributed by atoms with Gasteiger partial charge in [0.1, 0.15) is 11.9 Å². The molecule has 4 bridgehead atoms. The smallest absolute Gasteiger partial charge is 0.410 e. The lowest BCUT2D eigenvalue weighted by Crippen LogP contribution is -2.58. The molecule has 140 valence electrons. The number of hydrogen-bond donors (Lipinski definition) is 1. The van der Waals surface area contributed by atoms with Gasteiger partial charge in [-0.25, -0.2) is 14.8 Å². The Kier molecular flexibility index (Phi) is 3.75. The molecule has 4 saturated carbocycles. The van der Waals surface area contributed by atoms with Crippen molar-refractivity contribution in [2.45, 2.75) is 63.1 Å². The van der Waals surface area contributed by atoms with Crippen molar-refractivity contribution in [1.29, 1.82) is 0 Å². The third-order valence-corrected chi connectivity index (χ3v) is 7.00. The van der Waals surface area contributed by atoms with E-state index in [1.54, 1.807) is 0 Å². The highest BCUT2D eigenvalue weighted by molar-refractivity contribution is 5.68. The quantitative estimate of drug-likeness (QED) is 0.881. The van der Waals surface area contributed by atoms with Gasteiger partial charge in [-0.2, -0.15) is 0 Å². The van der Waals surface area contributed by atoms with Crippen molar-refractivity contribution in [3.8, 4) is 0 Å². The Morgan fingerprint density at radius 1 is 1.23 bits per heavy atom. The van der Waals surface area contributed by atoms with Crippen LogP contribution < -0.4 is 0 Å². The molecular weight excluding hydrogens is 330 g/mol. The molecule has 6 rings (SSSR count). The molecule has 1 amide bonds. The summed E-state index contributed by atoms with van der Waals surface area (Å²) in [6, 6.07) is 0. The number of nitrogens with zero attached hydrogens (tertiary/aromatic N) is 3. The summed E-state index contributed by atoms with van der Waals surface area (Å²) in [5, 5.41) is 10.7. The summed E-state index contributed by atoms with van der Waals surface area (Å²) >= 11 is 0. The largest absolute Gasteiger partial charge is 0.446 e. The summed E-state index contributed by atoms with van der Waals surface area (Å²) in [7, 11) is 0. The van der Waals surface area contributed by atoms with Gasteiger partial charge < -0.3 is 14.7 Å².